The average molecular weight is 436 g/mol. The van der Waals surface area contributed by atoms with E-state index in [2.05, 4.69) is 36.4 Å². The van der Waals surface area contributed by atoms with Gasteiger partial charge in [0.15, 0.2) is 5.88 Å². The van der Waals surface area contributed by atoms with E-state index in [9.17, 15) is 4.39 Å². The molecule has 0 aliphatic carbocycles. The highest BCUT2D eigenvalue weighted by atomic mass is 19.1. The van der Waals surface area contributed by atoms with Crippen LogP contribution >= 0.6 is 0 Å². The lowest BCUT2D eigenvalue weighted by Crippen LogP contribution is -2.35. The summed E-state index contributed by atoms with van der Waals surface area (Å²) in [5, 5.41) is 6.20. The van der Waals surface area contributed by atoms with Gasteiger partial charge in [-0.25, -0.2) is 4.39 Å². The predicted octanol–water partition coefficient (Wildman–Crippen LogP) is 4.71. The van der Waals surface area contributed by atoms with Gasteiger partial charge in [-0.1, -0.05) is 26.0 Å². The van der Waals surface area contributed by atoms with Crippen LogP contribution in [0.15, 0.2) is 41.9 Å². The molecule has 2 N–H and O–H groups in total. The summed E-state index contributed by atoms with van der Waals surface area (Å²) in [6.45, 7) is 12.1. The van der Waals surface area contributed by atoms with Gasteiger partial charge in [-0.2, -0.15) is 0 Å². The molecular formula is C25H42FN3O2. The third kappa shape index (κ3) is 9.64. The maximum atomic E-state index is 13.1. The molecular weight excluding hydrogens is 393 g/mol. The van der Waals surface area contributed by atoms with Crippen molar-refractivity contribution in [2.24, 2.45) is 5.41 Å². The first-order valence-corrected chi connectivity index (χ1v) is 11.2. The van der Waals surface area contributed by atoms with E-state index < -0.39 is 0 Å². The molecule has 6 heteroatoms. The molecule has 1 aromatic carbocycles. The minimum Gasteiger partial charge on any atom is -0.493 e. The number of rotatable bonds is 10. The number of nitrogens with one attached hydrogen (secondary N) is 2. The zero-order chi connectivity index (χ0) is 23.3. The summed E-state index contributed by atoms with van der Waals surface area (Å²) >= 11 is 0. The molecule has 0 aromatic heterocycles. The Labute approximate surface area is 188 Å². The third-order valence-corrected chi connectivity index (χ3v) is 5.53. The zero-order valence-corrected chi connectivity index (χ0v) is 20.5. The normalized spacial score (nSPS) is 18.5. The van der Waals surface area contributed by atoms with Gasteiger partial charge >= 0.3 is 0 Å². The molecule has 0 spiro atoms. The van der Waals surface area contributed by atoms with Crippen molar-refractivity contribution < 1.29 is 13.9 Å². The van der Waals surface area contributed by atoms with Crippen molar-refractivity contribution in [1.29, 1.82) is 0 Å². The number of fused-ring (bicyclic) bond motifs is 1. The van der Waals surface area contributed by atoms with E-state index >= 15 is 0 Å². The minimum absolute atomic E-state index is 0.160. The van der Waals surface area contributed by atoms with Crippen molar-refractivity contribution in [1.82, 2.24) is 15.5 Å². The number of likely N-dealkylation sites (N-methyl/N-ethyl adjacent to an activating group) is 1. The number of benzene rings is 1. The van der Waals surface area contributed by atoms with Crippen LogP contribution in [0, 0.1) is 11.2 Å². The van der Waals surface area contributed by atoms with Crippen LogP contribution in [-0.4, -0.2) is 52.3 Å². The van der Waals surface area contributed by atoms with E-state index in [-0.39, 0.29) is 11.2 Å². The number of nitrogens with zero attached hydrogens (tertiary/aromatic N) is 1. The summed E-state index contributed by atoms with van der Waals surface area (Å²) in [5.74, 6) is 1.30. The van der Waals surface area contributed by atoms with E-state index in [0.29, 0.717) is 6.61 Å². The van der Waals surface area contributed by atoms with E-state index in [1.54, 1.807) is 7.11 Å². The van der Waals surface area contributed by atoms with Gasteiger partial charge in [0.05, 0.1) is 20.3 Å². The number of ether oxygens (including phenoxy) is 2. The van der Waals surface area contributed by atoms with E-state index in [1.165, 1.54) is 18.6 Å². The highest BCUT2D eigenvalue weighted by Crippen LogP contribution is 2.37. The monoisotopic (exact) mass is 435 g/mol. The van der Waals surface area contributed by atoms with Crippen LogP contribution in [0.4, 0.5) is 4.39 Å². The quantitative estimate of drug-likeness (QED) is 0.522. The first-order valence-electron chi connectivity index (χ1n) is 11.2. The minimum atomic E-state index is -0.218. The molecule has 1 aromatic rings. The Bertz CT molecular complexity index is 701. The summed E-state index contributed by atoms with van der Waals surface area (Å²) in [5.41, 5.74) is 2.44. The molecule has 2 rings (SSSR count). The molecule has 0 bridgehead atoms. The highest BCUT2D eigenvalue weighted by Gasteiger charge is 2.31. The van der Waals surface area contributed by atoms with E-state index in [1.807, 2.05) is 39.1 Å². The van der Waals surface area contributed by atoms with Crippen molar-refractivity contribution in [2.45, 2.75) is 47.0 Å². The van der Waals surface area contributed by atoms with Crippen molar-refractivity contribution in [3.05, 3.63) is 53.3 Å². The van der Waals surface area contributed by atoms with Crippen LogP contribution in [0.25, 0.3) is 0 Å². The van der Waals surface area contributed by atoms with Crippen molar-refractivity contribution in [3.63, 3.8) is 0 Å². The molecule has 1 unspecified atom stereocenters. The second-order valence-electron chi connectivity index (χ2n) is 8.36. The largest absolute Gasteiger partial charge is 0.493 e. The van der Waals surface area contributed by atoms with Gasteiger partial charge < -0.3 is 25.0 Å². The molecule has 0 fully saturated rings. The highest BCUT2D eigenvalue weighted by molar-refractivity contribution is 5.36. The Morgan fingerprint density at radius 2 is 2.03 bits per heavy atom. The summed E-state index contributed by atoms with van der Waals surface area (Å²) in [7, 11) is 5.72. The fraction of sp³-hybridized carbons (Fsp3) is 0.600. The van der Waals surface area contributed by atoms with Crippen molar-refractivity contribution in [2.75, 3.05) is 47.4 Å². The Kier molecular flexibility index (Phi) is 12.1. The maximum absolute atomic E-state index is 13.1. The standard InChI is InChI=1S/C16H24FNO.C9H18N2O/c1-4-8-18(3)9-7-16(2)11-13-5-6-14(17)10-15(13)19-12-16;1-5-8(10-3)7-11-9(6-2)12-4/h5-6,10H,4,7-9,11-12H2,1-3H3;5-6,10-11H,7H2,1-4H3/b;8-5+,9-6+. The maximum Gasteiger partial charge on any atom is 0.182 e. The zero-order valence-electron chi connectivity index (χ0n) is 20.5. The summed E-state index contributed by atoms with van der Waals surface area (Å²) in [6, 6.07) is 4.88. The van der Waals surface area contributed by atoms with Gasteiger partial charge in [0.25, 0.3) is 0 Å². The van der Waals surface area contributed by atoms with Crippen LogP contribution < -0.4 is 15.4 Å². The lowest BCUT2D eigenvalue weighted by molar-refractivity contribution is 0.114. The van der Waals surface area contributed by atoms with Crippen molar-refractivity contribution >= 4 is 0 Å². The number of hydrogen-bond acceptors (Lipinski definition) is 5. The molecule has 0 radical (unpaired) electrons. The topological polar surface area (TPSA) is 45.8 Å². The molecule has 31 heavy (non-hydrogen) atoms. The molecule has 1 aliphatic heterocycles. The lowest BCUT2D eigenvalue weighted by atomic mass is 9.79. The van der Waals surface area contributed by atoms with Gasteiger partial charge in [-0.3, -0.25) is 0 Å². The molecule has 0 saturated carbocycles. The summed E-state index contributed by atoms with van der Waals surface area (Å²) in [6.07, 6.45) is 7.19. The number of hydrogen-bond donors (Lipinski definition) is 2. The van der Waals surface area contributed by atoms with Gasteiger partial charge in [-0.15, -0.1) is 0 Å². The van der Waals surface area contributed by atoms with Crippen LogP contribution in [0.1, 0.15) is 46.1 Å². The van der Waals surface area contributed by atoms with Crippen LogP contribution in [0.3, 0.4) is 0 Å². The molecule has 0 amide bonds. The lowest BCUT2D eigenvalue weighted by Gasteiger charge is -2.36. The first kappa shape index (κ1) is 26.8. The summed E-state index contributed by atoms with van der Waals surface area (Å²) < 4.78 is 23.9. The smallest absolute Gasteiger partial charge is 0.182 e. The number of methoxy groups -OCH3 is 1. The Hall–Kier alpha value is -2.21. The summed E-state index contributed by atoms with van der Waals surface area (Å²) in [4.78, 5) is 2.37. The number of allylic oxidation sites excluding steroid dienone is 2. The molecule has 1 atom stereocenters. The van der Waals surface area contributed by atoms with E-state index in [0.717, 1.165) is 55.4 Å². The van der Waals surface area contributed by atoms with Gasteiger partial charge in [-0.05, 0) is 71.0 Å². The fourth-order valence-corrected chi connectivity index (χ4v) is 3.50. The van der Waals surface area contributed by atoms with E-state index in [4.69, 9.17) is 9.47 Å². The van der Waals surface area contributed by atoms with Crippen LogP contribution in [0.5, 0.6) is 5.75 Å². The number of halogens is 1. The SMILES string of the molecule is C/C=C(\CN/C(=C\C)OC)NC.CCCN(C)CCC1(C)COc2cc(F)ccc2C1. The molecule has 1 heterocycles. The predicted molar refractivity (Wildman–Crippen MR) is 128 cm³/mol. The average Bonchev–Trinajstić information content (AvgIpc) is 2.77. The van der Waals surface area contributed by atoms with Crippen LogP contribution in [0.2, 0.25) is 0 Å². The second kappa shape index (κ2) is 14.0. The fourth-order valence-electron chi connectivity index (χ4n) is 3.50. The Morgan fingerprint density at radius 3 is 2.61 bits per heavy atom. The molecule has 0 saturated heterocycles. The molecule has 5 nitrogen and oxygen atoms in total. The first-order chi connectivity index (χ1) is 14.8. The third-order valence-electron chi connectivity index (χ3n) is 5.53. The van der Waals surface area contributed by atoms with Gasteiger partial charge in [0.1, 0.15) is 11.6 Å². The Balaban J connectivity index is 0.000000348. The van der Waals surface area contributed by atoms with Crippen LogP contribution in [-0.2, 0) is 11.2 Å². The van der Waals surface area contributed by atoms with Crippen molar-refractivity contribution in [3.8, 4) is 5.75 Å². The van der Waals surface area contributed by atoms with Gasteiger partial charge in [0, 0.05) is 24.2 Å². The second-order valence-corrected chi connectivity index (χ2v) is 8.36. The molecule has 176 valence electrons. The molecule has 1 aliphatic rings. The van der Waals surface area contributed by atoms with Gasteiger partial charge in [0.2, 0.25) is 0 Å². The Morgan fingerprint density at radius 1 is 1.29 bits per heavy atom.